The molecule has 0 aliphatic rings. The van der Waals surface area contributed by atoms with E-state index in [4.69, 9.17) is 9.47 Å². The summed E-state index contributed by atoms with van der Waals surface area (Å²) < 4.78 is 10.8. The molecule has 3 rings (SSSR count). The second-order valence-corrected chi connectivity index (χ2v) is 9.19. The van der Waals surface area contributed by atoms with Crippen LogP contribution in [0.3, 0.4) is 0 Å². The van der Waals surface area contributed by atoms with Crippen LogP contribution in [0.1, 0.15) is 30.6 Å². The highest BCUT2D eigenvalue weighted by Gasteiger charge is 2.25. The fourth-order valence-corrected chi connectivity index (χ4v) is 5.81. The zero-order chi connectivity index (χ0) is 22.8. The first-order valence-corrected chi connectivity index (χ1v) is 12.0. The zero-order valence-corrected chi connectivity index (χ0v) is 19.2. The molecular weight excluding hydrogens is 419 g/mol. The van der Waals surface area contributed by atoms with Crippen LogP contribution in [0.4, 0.5) is 0 Å². The van der Waals surface area contributed by atoms with Gasteiger partial charge in [0.05, 0.1) is 18.6 Å². The summed E-state index contributed by atoms with van der Waals surface area (Å²) in [5.74, 6) is -0.847. The van der Waals surface area contributed by atoms with Gasteiger partial charge in [0.25, 0.3) is 0 Å². The minimum absolute atomic E-state index is 0.0157. The van der Waals surface area contributed by atoms with E-state index in [2.05, 4.69) is 24.3 Å². The molecule has 4 nitrogen and oxygen atoms in total. The third kappa shape index (κ3) is 6.15. The predicted octanol–water partition coefficient (Wildman–Crippen LogP) is 4.50. The van der Waals surface area contributed by atoms with Crippen molar-refractivity contribution in [2.45, 2.75) is 26.4 Å². The van der Waals surface area contributed by atoms with E-state index in [9.17, 15) is 9.59 Å². The van der Waals surface area contributed by atoms with Crippen molar-refractivity contribution >= 4 is 35.8 Å². The van der Waals surface area contributed by atoms with Gasteiger partial charge in [-0.2, -0.15) is 0 Å². The molecule has 32 heavy (non-hydrogen) atoms. The van der Waals surface area contributed by atoms with Gasteiger partial charge in [0, 0.05) is 0 Å². The monoisotopic (exact) mass is 446 g/mol. The van der Waals surface area contributed by atoms with Crippen LogP contribution in [0.15, 0.2) is 97.1 Å². The number of carbonyl (C=O) groups excluding carboxylic acids is 2. The van der Waals surface area contributed by atoms with Crippen molar-refractivity contribution in [2.24, 2.45) is 0 Å². The van der Waals surface area contributed by atoms with Gasteiger partial charge in [-0.25, -0.2) is 4.79 Å². The van der Waals surface area contributed by atoms with E-state index in [1.807, 2.05) is 61.5 Å². The first-order valence-electron chi connectivity index (χ1n) is 10.6. The number of hydrogen-bond donors (Lipinski definition) is 0. The maximum Gasteiger partial charge on any atom is 0.339 e. The molecule has 0 N–H and O–H groups in total. The van der Waals surface area contributed by atoms with Crippen molar-refractivity contribution in [3.8, 4) is 0 Å². The van der Waals surface area contributed by atoms with E-state index in [0.717, 1.165) is 15.9 Å². The third-order valence-corrected chi connectivity index (χ3v) is 7.23. The van der Waals surface area contributed by atoms with Crippen molar-refractivity contribution in [2.75, 3.05) is 6.61 Å². The molecule has 0 fully saturated rings. The lowest BCUT2D eigenvalue weighted by Gasteiger charge is -2.22. The van der Waals surface area contributed by atoms with E-state index in [-0.39, 0.29) is 13.0 Å². The lowest BCUT2D eigenvalue weighted by molar-refractivity contribution is -0.144. The lowest BCUT2D eigenvalue weighted by atomic mass is 10.2. The van der Waals surface area contributed by atoms with Crippen molar-refractivity contribution < 1.29 is 19.1 Å². The van der Waals surface area contributed by atoms with Crippen LogP contribution in [0, 0.1) is 0 Å². The molecule has 1 atom stereocenters. The standard InChI is InChI=1S/C27H27O4P/c1-3-13-21(20-26(28)30-4-2)31-27(29)24-18-11-12-19-25(24)32(22-14-7-5-8-15-22)23-16-9-6-10-17-23/h3,5-19,21H,4,20H2,1-2H3/b13-3+. The number of carbonyl (C=O) groups is 2. The van der Waals surface area contributed by atoms with Gasteiger partial charge in [-0.1, -0.05) is 84.9 Å². The van der Waals surface area contributed by atoms with Gasteiger partial charge in [-0.05, 0) is 49.8 Å². The topological polar surface area (TPSA) is 52.6 Å². The van der Waals surface area contributed by atoms with E-state index in [1.165, 1.54) is 0 Å². The van der Waals surface area contributed by atoms with Crippen LogP contribution in [-0.2, 0) is 14.3 Å². The molecule has 0 aromatic heterocycles. The molecule has 3 aromatic carbocycles. The van der Waals surface area contributed by atoms with E-state index >= 15 is 0 Å². The van der Waals surface area contributed by atoms with E-state index in [0.29, 0.717) is 5.56 Å². The second kappa shape index (κ2) is 12.0. The Labute approximate surface area is 190 Å². The van der Waals surface area contributed by atoms with Crippen LogP contribution >= 0.6 is 7.92 Å². The summed E-state index contributed by atoms with van der Waals surface area (Å²) in [7, 11) is -0.965. The molecule has 0 aliphatic carbocycles. The molecule has 0 aliphatic heterocycles. The predicted molar refractivity (Wildman–Crippen MR) is 130 cm³/mol. The molecule has 0 heterocycles. The Morgan fingerprint density at radius 3 is 2.00 bits per heavy atom. The second-order valence-electron chi connectivity index (χ2n) is 7.00. The SMILES string of the molecule is C/C=C/C(CC(=O)OCC)OC(=O)c1ccccc1P(c1ccccc1)c1ccccc1. The normalized spacial score (nSPS) is 12.0. The molecule has 0 spiro atoms. The Balaban J connectivity index is 1.97. The van der Waals surface area contributed by atoms with E-state index in [1.54, 1.807) is 25.1 Å². The third-order valence-electron chi connectivity index (χ3n) is 4.73. The minimum atomic E-state index is -0.965. The Kier molecular flexibility index (Phi) is 8.77. The molecule has 3 aromatic rings. The number of ether oxygens (including phenoxy) is 2. The largest absolute Gasteiger partial charge is 0.466 e. The molecule has 0 bridgehead atoms. The van der Waals surface area contributed by atoms with Gasteiger partial charge in [-0.3, -0.25) is 4.79 Å². The Morgan fingerprint density at radius 2 is 1.44 bits per heavy atom. The average Bonchev–Trinajstić information content (AvgIpc) is 2.81. The Bertz CT molecular complexity index is 1010. The maximum atomic E-state index is 13.3. The fraction of sp³-hybridized carbons (Fsp3) is 0.185. The molecule has 5 heteroatoms. The van der Waals surface area contributed by atoms with Gasteiger partial charge in [0.15, 0.2) is 0 Å². The number of rotatable bonds is 9. The van der Waals surface area contributed by atoms with Crippen LogP contribution in [0.2, 0.25) is 0 Å². The van der Waals surface area contributed by atoms with Gasteiger partial charge < -0.3 is 9.47 Å². The Morgan fingerprint density at radius 1 is 0.875 bits per heavy atom. The fourth-order valence-electron chi connectivity index (χ4n) is 3.37. The maximum absolute atomic E-state index is 13.3. The van der Waals surface area contributed by atoms with Crippen molar-refractivity contribution in [1.29, 1.82) is 0 Å². The molecular formula is C27H27O4P. The van der Waals surface area contributed by atoms with Gasteiger partial charge in [-0.15, -0.1) is 0 Å². The van der Waals surface area contributed by atoms with Crippen LogP contribution in [0.25, 0.3) is 0 Å². The Hall–Kier alpha value is -3.23. The van der Waals surface area contributed by atoms with E-state index < -0.39 is 26.0 Å². The number of allylic oxidation sites excluding steroid dienone is 1. The van der Waals surface area contributed by atoms with Gasteiger partial charge in [0.2, 0.25) is 0 Å². The zero-order valence-electron chi connectivity index (χ0n) is 18.3. The summed E-state index contributed by atoms with van der Waals surface area (Å²) in [4.78, 5) is 25.2. The summed E-state index contributed by atoms with van der Waals surface area (Å²) in [6.07, 6.45) is 2.77. The summed E-state index contributed by atoms with van der Waals surface area (Å²) >= 11 is 0. The smallest absolute Gasteiger partial charge is 0.339 e. The summed E-state index contributed by atoms with van der Waals surface area (Å²) in [5, 5.41) is 3.20. The number of hydrogen-bond acceptors (Lipinski definition) is 4. The summed E-state index contributed by atoms with van der Waals surface area (Å²) in [6, 6.07) is 27.9. The highest BCUT2D eigenvalue weighted by Crippen LogP contribution is 2.34. The highest BCUT2D eigenvalue weighted by atomic mass is 31.1. The minimum Gasteiger partial charge on any atom is -0.466 e. The molecule has 1 unspecified atom stereocenters. The van der Waals surface area contributed by atoms with Crippen molar-refractivity contribution in [3.63, 3.8) is 0 Å². The first kappa shape index (κ1) is 23.4. The van der Waals surface area contributed by atoms with Gasteiger partial charge >= 0.3 is 11.9 Å². The lowest BCUT2D eigenvalue weighted by Crippen LogP contribution is -2.28. The molecule has 0 amide bonds. The quantitative estimate of drug-likeness (QED) is 0.276. The molecule has 0 radical (unpaired) electrons. The van der Waals surface area contributed by atoms with Crippen LogP contribution in [-0.4, -0.2) is 24.6 Å². The summed E-state index contributed by atoms with van der Waals surface area (Å²) in [6.45, 7) is 3.86. The van der Waals surface area contributed by atoms with Gasteiger partial charge in [0.1, 0.15) is 6.10 Å². The van der Waals surface area contributed by atoms with Crippen LogP contribution in [0.5, 0.6) is 0 Å². The molecule has 164 valence electrons. The molecule has 0 saturated heterocycles. The molecule has 0 saturated carbocycles. The highest BCUT2D eigenvalue weighted by molar-refractivity contribution is 7.80. The van der Waals surface area contributed by atoms with Crippen molar-refractivity contribution in [1.82, 2.24) is 0 Å². The van der Waals surface area contributed by atoms with Crippen molar-refractivity contribution in [3.05, 3.63) is 103 Å². The number of benzene rings is 3. The average molecular weight is 446 g/mol. The summed E-state index contributed by atoms with van der Waals surface area (Å²) in [5.41, 5.74) is 0.504. The first-order chi connectivity index (χ1) is 15.6. The number of esters is 2. The van der Waals surface area contributed by atoms with Crippen LogP contribution < -0.4 is 15.9 Å².